The summed E-state index contributed by atoms with van der Waals surface area (Å²) >= 11 is -1.64. The fourth-order valence-electron chi connectivity index (χ4n) is 5.67. The molecule has 1 aliphatic carbocycles. The van der Waals surface area contributed by atoms with Crippen LogP contribution < -0.4 is 9.46 Å². The summed E-state index contributed by atoms with van der Waals surface area (Å²) in [6.07, 6.45) is 7.66. The number of amides is 1. The number of fused-ring (bicyclic) bond motifs is 5. The van der Waals surface area contributed by atoms with Crippen LogP contribution in [0.25, 0.3) is 28.2 Å². The van der Waals surface area contributed by atoms with Gasteiger partial charge in [-0.15, -0.1) is 0 Å². The zero-order chi connectivity index (χ0) is 27.0. The highest BCUT2D eigenvalue weighted by Gasteiger charge is 2.30. The highest BCUT2D eigenvalue weighted by atomic mass is 32.2. The van der Waals surface area contributed by atoms with E-state index in [1.807, 2.05) is 30.3 Å². The van der Waals surface area contributed by atoms with Gasteiger partial charge in [0.15, 0.2) is 11.2 Å². The van der Waals surface area contributed by atoms with Crippen molar-refractivity contribution in [1.82, 2.24) is 13.6 Å². The molecule has 2 aliphatic rings. The molecule has 2 heterocycles. The molecule has 0 bridgehead atoms. The lowest BCUT2D eigenvalue weighted by atomic mass is 9.81. The minimum absolute atomic E-state index is 0.303. The van der Waals surface area contributed by atoms with Crippen molar-refractivity contribution in [3.63, 3.8) is 0 Å². The number of hydrogen-bond donors (Lipinski definition) is 1. The zero-order valence-corrected chi connectivity index (χ0v) is 23.0. The maximum absolute atomic E-state index is 13.0. The van der Waals surface area contributed by atoms with Gasteiger partial charge in [0.05, 0.1) is 32.0 Å². The van der Waals surface area contributed by atoms with Crippen LogP contribution in [-0.2, 0) is 27.2 Å². The van der Waals surface area contributed by atoms with E-state index in [0.29, 0.717) is 29.3 Å². The molecule has 0 spiro atoms. The minimum atomic E-state index is -1.64. The number of nitrogens with zero attached hydrogens (tertiary/aromatic N) is 2. The lowest BCUT2D eigenvalue weighted by molar-refractivity contribution is -0.136. The third kappa shape index (κ3) is 4.76. The van der Waals surface area contributed by atoms with Crippen molar-refractivity contribution < 1.29 is 23.3 Å². The predicted molar refractivity (Wildman–Crippen MR) is 149 cm³/mol. The van der Waals surface area contributed by atoms with Gasteiger partial charge in [0, 0.05) is 36.1 Å². The minimum Gasteiger partial charge on any atom is -0.497 e. The smallest absolute Gasteiger partial charge is 0.335 e. The van der Waals surface area contributed by atoms with E-state index in [9.17, 15) is 13.8 Å². The van der Waals surface area contributed by atoms with E-state index in [4.69, 9.17) is 9.47 Å². The Morgan fingerprint density at radius 2 is 1.82 bits per heavy atom. The summed E-state index contributed by atoms with van der Waals surface area (Å²) in [6.45, 7) is 0.303. The van der Waals surface area contributed by atoms with Crippen LogP contribution in [0.15, 0.2) is 42.0 Å². The van der Waals surface area contributed by atoms with E-state index in [0.717, 1.165) is 40.6 Å². The monoisotopic (exact) mass is 535 g/mol. The Labute approximate surface area is 225 Å². The van der Waals surface area contributed by atoms with Crippen LogP contribution in [0.2, 0.25) is 0 Å². The Morgan fingerprint density at radius 3 is 2.50 bits per heavy atom. The summed E-state index contributed by atoms with van der Waals surface area (Å²) in [5, 5.41) is 1.07. The van der Waals surface area contributed by atoms with E-state index >= 15 is 0 Å². The molecule has 200 valence electrons. The van der Waals surface area contributed by atoms with Gasteiger partial charge in [0.1, 0.15) is 5.75 Å². The Hall–Kier alpha value is -3.43. The number of aromatic nitrogens is 1. The lowest BCUT2D eigenvalue weighted by Gasteiger charge is -2.24. The molecule has 9 heteroatoms. The number of methoxy groups -OCH3 is 2. The molecular formula is C29H33N3O5S. The molecule has 1 unspecified atom stereocenters. The Morgan fingerprint density at radius 1 is 1.05 bits per heavy atom. The van der Waals surface area contributed by atoms with Crippen LogP contribution in [0.1, 0.15) is 59.5 Å². The maximum atomic E-state index is 13.0. The van der Waals surface area contributed by atoms with Crippen molar-refractivity contribution in [2.45, 2.75) is 44.6 Å². The van der Waals surface area contributed by atoms with Gasteiger partial charge in [-0.1, -0.05) is 25.3 Å². The number of benzene rings is 2. The molecule has 0 radical (unpaired) electrons. The van der Waals surface area contributed by atoms with Gasteiger partial charge in [-0.05, 0) is 66.3 Å². The third-order valence-corrected chi connectivity index (χ3v) is 8.53. The fraction of sp³-hybridized carbons (Fsp3) is 0.379. The predicted octanol–water partition coefficient (Wildman–Crippen LogP) is 4.80. The number of ether oxygens (including phenoxy) is 2. The molecule has 1 atom stereocenters. The topological polar surface area (TPSA) is 89.9 Å². The van der Waals surface area contributed by atoms with Crippen LogP contribution in [0.4, 0.5) is 0 Å². The van der Waals surface area contributed by atoms with Gasteiger partial charge >= 0.3 is 5.97 Å². The third-order valence-electron chi connectivity index (χ3n) is 7.51. The highest BCUT2D eigenvalue weighted by molar-refractivity contribution is 7.81. The molecule has 1 aliphatic heterocycles. The van der Waals surface area contributed by atoms with Crippen molar-refractivity contribution in [2.75, 3.05) is 28.3 Å². The largest absolute Gasteiger partial charge is 0.497 e. The van der Waals surface area contributed by atoms with Gasteiger partial charge in [-0.25, -0.2) is 13.3 Å². The van der Waals surface area contributed by atoms with Crippen LogP contribution >= 0.6 is 0 Å². The number of rotatable bonds is 6. The lowest BCUT2D eigenvalue weighted by Crippen LogP contribution is -2.34. The molecule has 3 aromatic rings. The highest BCUT2D eigenvalue weighted by Crippen LogP contribution is 2.47. The first kappa shape index (κ1) is 26.2. The van der Waals surface area contributed by atoms with Crippen LogP contribution in [0.5, 0.6) is 5.75 Å². The molecule has 1 amide bonds. The summed E-state index contributed by atoms with van der Waals surface area (Å²) in [7, 11) is 6.28. The molecular weight excluding hydrogens is 502 g/mol. The zero-order valence-electron chi connectivity index (χ0n) is 22.2. The molecule has 8 nitrogen and oxygen atoms in total. The van der Waals surface area contributed by atoms with Gasteiger partial charge in [0.2, 0.25) is 0 Å². The molecule has 1 N–H and O–H groups in total. The molecule has 1 fully saturated rings. The van der Waals surface area contributed by atoms with Crippen molar-refractivity contribution in [3.8, 4) is 17.0 Å². The molecule has 2 aromatic carbocycles. The number of hydrogen-bond acceptors (Lipinski definition) is 5. The van der Waals surface area contributed by atoms with Crippen LogP contribution in [0.3, 0.4) is 0 Å². The molecule has 1 aromatic heterocycles. The molecule has 5 rings (SSSR count). The number of esters is 1. The summed E-state index contributed by atoms with van der Waals surface area (Å²) < 4.78 is 29.0. The number of nitrogens with one attached hydrogen (secondary N) is 1. The maximum Gasteiger partial charge on any atom is 0.335 e. The van der Waals surface area contributed by atoms with E-state index in [-0.39, 0.29) is 0 Å². The van der Waals surface area contributed by atoms with Crippen molar-refractivity contribution in [2.24, 2.45) is 0 Å². The molecule has 0 saturated heterocycles. The average molecular weight is 536 g/mol. The summed E-state index contributed by atoms with van der Waals surface area (Å²) in [5.41, 5.74) is 6.01. The first-order chi connectivity index (χ1) is 18.3. The van der Waals surface area contributed by atoms with Crippen molar-refractivity contribution >= 4 is 40.0 Å². The van der Waals surface area contributed by atoms with Crippen LogP contribution in [-0.4, -0.2) is 53.3 Å². The van der Waals surface area contributed by atoms with Gasteiger partial charge in [-0.3, -0.25) is 9.52 Å². The van der Waals surface area contributed by atoms with E-state index in [1.165, 1.54) is 36.2 Å². The fourth-order valence-corrected chi connectivity index (χ4v) is 6.13. The standard InChI is InChI=1S/C29H33N3O5S/c1-31(2)38(35)30-28(33)19-10-12-24-25(16-19)32-17-21(29(34)37-4)14-20-15-22(36-3)11-13-23(20)27(32)26(24)18-8-6-5-7-9-18/h10-16,18H,5-9,17H2,1-4H3,(H,30,33). The first-order valence-corrected chi connectivity index (χ1v) is 14.0. The Balaban J connectivity index is 1.77. The number of carbonyl (C=O) groups is 2. The van der Waals surface area contributed by atoms with E-state index in [2.05, 4.69) is 15.4 Å². The second-order valence-electron chi connectivity index (χ2n) is 10.0. The summed E-state index contributed by atoms with van der Waals surface area (Å²) in [6, 6.07) is 11.6. The SMILES string of the molecule is COC(=O)C1=Cc2cc(OC)ccc2-c2c(C3CCCCC3)c3ccc(C(=O)NS(=O)N(C)C)cc3n2C1. The second kappa shape index (κ2) is 10.7. The Bertz CT molecular complexity index is 1470. The average Bonchev–Trinajstić information content (AvgIpc) is 3.14. The second-order valence-corrected chi connectivity index (χ2v) is 11.5. The van der Waals surface area contributed by atoms with Crippen LogP contribution in [0, 0.1) is 0 Å². The van der Waals surface area contributed by atoms with E-state index in [1.54, 1.807) is 27.3 Å². The van der Waals surface area contributed by atoms with Crippen molar-refractivity contribution in [1.29, 1.82) is 0 Å². The van der Waals surface area contributed by atoms with E-state index < -0.39 is 23.0 Å². The normalized spacial score (nSPS) is 16.3. The first-order valence-electron chi connectivity index (χ1n) is 12.9. The van der Waals surface area contributed by atoms with Gasteiger partial charge < -0.3 is 14.0 Å². The van der Waals surface area contributed by atoms with Crippen molar-refractivity contribution in [3.05, 3.63) is 58.7 Å². The van der Waals surface area contributed by atoms with Gasteiger partial charge in [0.25, 0.3) is 5.91 Å². The summed E-state index contributed by atoms with van der Waals surface area (Å²) in [5.74, 6) is 0.262. The number of carbonyl (C=O) groups excluding carboxylic acids is 2. The molecule has 1 saturated carbocycles. The quantitative estimate of drug-likeness (QED) is 0.458. The van der Waals surface area contributed by atoms with Gasteiger partial charge in [-0.2, -0.15) is 0 Å². The summed E-state index contributed by atoms with van der Waals surface area (Å²) in [4.78, 5) is 25.9. The molecule has 38 heavy (non-hydrogen) atoms. The Kier molecular flexibility index (Phi) is 7.40.